The number of benzene rings is 2. The molecule has 0 aliphatic carbocycles. The zero-order valence-electron chi connectivity index (χ0n) is 12.1. The smallest absolute Gasteiger partial charge is 0.270 e. The van der Waals surface area contributed by atoms with Gasteiger partial charge in [-0.25, -0.2) is 0 Å². The predicted molar refractivity (Wildman–Crippen MR) is 89.4 cm³/mol. The molecule has 0 atom stereocenters. The van der Waals surface area contributed by atoms with E-state index in [1.165, 1.54) is 18.2 Å². The summed E-state index contributed by atoms with van der Waals surface area (Å²) in [5.41, 5.74) is 1.81. The van der Waals surface area contributed by atoms with Gasteiger partial charge in [-0.2, -0.15) is 0 Å². The van der Waals surface area contributed by atoms with E-state index in [0.717, 1.165) is 0 Å². The van der Waals surface area contributed by atoms with Crippen molar-refractivity contribution in [3.05, 3.63) is 57.5 Å². The lowest BCUT2D eigenvalue weighted by molar-refractivity contribution is -0.384. The van der Waals surface area contributed by atoms with E-state index >= 15 is 0 Å². The van der Waals surface area contributed by atoms with Gasteiger partial charge in [-0.05, 0) is 17.3 Å². The summed E-state index contributed by atoms with van der Waals surface area (Å²) in [6.45, 7) is 0. The van der Waals surface area contributed by atoms with Crippen LogP contribution in [0.25, 0.3) is 33.1 Å². The van der Waals surface area contributed by atoms with Gasteiger partial charge in [0.25, 0.3) is 5.69 Å². The number of para-hydroxylation sites is 1. The van der Waals surface area contributed by atoms with Crippen LogP contribution in [0, 0.1) is 15.0 Å². The summed E-state index contributed by atoms with van der Waals surface area (Å²) in [5.74, 6) is -0.0871. The summed E-state index contributed by atoms with van der Waals surface area (Å²) in [6, 6.07) is 11.3. The summed E-state index contributed by atoms with van der Waals surface area (Å²) in [6.07, 6.45) is 0. The van der Waals surface area contributed by atoms with Crippen molar-refractivity contribution in [1.82, 2.24) is 9.97 Å². The number of nitro groups is 1. The third kappa shape index (κ3) is 1.86. The average molecular weight is 322 g/mol. The highest BCUT2D eigenvalue weighted by Gasteiger charge is 2.21. The molecule has 2 aromatic heterocycles. The lowest BCUT2D eigenvalue weighted by atomic mass is 10.1. The van der Waals surface area contributed by atoms with Gasteiger partial charge in [-0.1, -0.05) is 18.2 Å². The lowest BCUT2D eigenvalue weighted by Gasteiger charge is -1.98. The van der Waals surface area contributed by atoms with Gasteiger partial charge in [0, 0.05) is 28.4 Å². The van der Waals surface area contributed by atoms with E-state index in [-0.39, 0.29) is 22.9 Å². The number of non-ortho nitro benzene ring substituents is 1. The fraction of sp³-hybridized carbons (Fsp3) is 0. The van der Waals surface area contributed by atoms with Crippen molar-refractivity contribution in [3.8, 4) is 17.0 Å². The molecule has 0 aliphatic rings. The van der Waals surface area contributed by atoms with Crippen LogP contribution in [-0.4, -0.2) is 20.0 Å². The summed E-state index contributed by atoms with van der Waals surface area (Å²) in [7, 11) is 0. The molecule has 8 heteroatoms. The third-order valence-electron chi connectivity index (χ3n) is 3.99. The Morgan fingerprint density at radius 2 is 1.79 bits per heavy atom. The SMILES string of the molecule is O=Nc1[nH]c2ccccc2c1-c1[nH]c2ccc([N+](=O)[O-])cc2c1O. The summed E-state index contributed by atoms with van der Waals surface area (Å²) >= 11 is 0. The predicted octanol–water partition coefficient (Wildman–Crippen LogP) is 4.33. The molecule has 2 aromatic carbocycles. The molecular weight excluding hydrogens is 312 g/mol. The van der Waals surface area contributed by atoms with Crippen molar-refractivity contribution in [3.63, 3.8) is 0 Å². The number of hydrogen-bond acceptors (Lipinski definition) is 5. The van der Waals surface area contributed by atoms with Crippen LogP contribution in [0.4, 0.5) is 11.5 Å². The molecule has 0 bridgehead atoms. The number of aromatic amines is 2. The minimum atomic E-state index is -0.532. The maximum atomic E-state index is 11.2. The fourth-order valence-corrected chi connectivity index (χ4v) is 2.91. The third-order valence-corrected chi connectivity index (χ3v) is 3.99. The van der Waals surface area contributed by atoms with Crippen LogP contribution in [-0.2, 0) is 0 Å². The molecule has 0 saturated carbocycles. The van der Waals surface area contributed by atoms with Crippen molar-refractivity contribution in [2.45, 2.75) is 0 Å². The van der Waals surface area contributed by atoms with E-state index in [2.05, 4.69) is 15.1 Å². The lowest BCUT2D eigenvalue weighted by Crippen LogP contribution is -1.86. The zero-order chi connectivity index (χ0) is 16.8. The highest BCUT2D eigenvalue weighted by Crippen LogP contribution is 2.44. The number of fused-ring (bicyclic) bond motifs is 2. The molecule has 4 rings (SSSR count). The normalized spacial score (nSPS) is 11.2. The zero-order valence-corrected chi connectivity index (χ0v) is 12.1. The summed E-state index contributed by atoms with van der Waals surface area (Å²) < 4.78 is 0. The Labute approximate surface area is 133 Å². The van der Waals surface area contributed by atoms with E-state index in [1.54, 1.807) is 18.2 Å². The largest absolute Gasteiger partial charge is 0.505 e. The Morgan fingerprint density at radius 3 is 2.54 bits per heavy atom. The van der Waals surface area contributed by atoms with Crippen LogP contribution in [0.2, 0.25) is 0 Å². The number of aromatic hydroxyl groups is 1. The number of nitrogens with one attached hydrogen (secondary N) is 2. The van der Waals surface area contributed by atoms with Gasteiger partial charge in [0.2, 0.25) is 0 Å². The Morgan fingerprint density at radius 1 is 1.04 bits per heavy atom. The summed E-state index contributed by atoms with van der Waals surface area (Å²) in [5, 5.41) is 25.5. The Hall–Kier alpha value is -3.68. The van der Waals surface area contributed by atoms with E-state index < -0.39 is 4.92 Å². The molecule has 0 unspecified atom stereocenters. The number of nitrogens with zero attached hydrogens (tertiary/aromatic N) is 2. The van der Waals surface area contributed by atoms with Crippen LogP contribution in [0.1, 0.15) is 0 Å². The second kappa shape index (κ2) is 4.92. The van der Waals surface area contributed by atoms with Crippen LogP contribution in [0.5, 0.6) is 5.75 Å². The minimum Gasteiger partial charge on any atom is -0.505 e. The number of hydrogen-bond donors (Lipinski definition) is 3. The summed E-state index contributed by atoms with van der Waals surface area (Å²) in [4.78, 5) is 27.5. The fourth-order valence-electron chi connectivity index (χ4n) is 2.91. The molecule has 0 aliphatic heterocycles. The molecule has 0 amide bonds. The van der Waals surface area contributed by atoms with E-state index in [1.807, 2.05) is 6.07 Å². The first-order valence-corrected chi connectivity index (χ1v) is 7.03. The van der Waals surface area contributed by atoms with E-state index in [0.29, 0.717) is 27.4 Å². The maximum absolute atomic E-state index is 11.2. The molecule has 2 heterocycles. The highest BCUT2D eigenvalue weighted by atomic mass is 16.6. The van der Waals surface area contributed by atoms with E-state index in [9.17, 15) is 20.1 Å². The van der Waals surface area contributed by atoms with Crippen molar-refractivity contribution < 1.29 is 10.0 Å². The van der Waals surface area contributed by atoms with Crippen molar-refractivity contribution >= 4 is 33.3 Å². The van der Waals surface area contributed by atoms with Crippen molar-refractivity contribution in [2.24, 2.45) is 5.18 Å². The molecular formula is C16H10N4O4. The Kier molecular flexibility index (Phi) is 2.86. The van der Waals surface area contributed by atoms with Gasteiger partial charge in [0.1, 0.15) is 5.75 Å². The molecule has 0 fully saturated rings. The Balaban J connectivity index is 2.05. The molecule has 4 aromatic rings. The first-order valence-electron chi connectivity index (χ1n) is 7.03. The molecule has 0 radical (unpaired) electrons. The van der Waals surface area contributed by atoms with E-state index in [4.69, 9.17) is 0 Å². The average Bonchev–Trinajstić information content (AvgIpc) is 3.12. The first kappa shape index (κ1) is 13.9. The quantitative estimate of drug-likeness (QED) is 0.295. The number of rotatable bonds is 3. The number of H-pyrrole nitrogens is 2. The number of nitroso groups, excluding NO2 is 1. The van der Waals surface area contributed by atoms with Crippen LogP contribution >= 0.6 is 0 Å². The van der Waals surface area contributed by atoms with Crippen molar-refractivity contribution in [2.75, 3.05) is 0 Å². The maximum Gasteiger partial charge on any atom is 0.270 e. The van der Waals surface area contributed by atoms with Gasteiger partial charge in [-0.15, -0.1) is 4.91 Å². The first-order chi connectivity index (χ1) is 11.6. The van der Waals surface area contributed by atoms with Crippen LogP contribution in [0.3, 0.4) is 0 Å². The van der Waals surface area contributed by atoms with Gasteiger partial charge in [0.15, 0.2) is 5.82 Å². The minimum absolute atomic E-state index is 0.0764. The van der Waals surface area contributed by atoms with Gasteiger partial charge >= 0.3 is 0 Å². The molecule has 3 N–H and O–H groups in total. The standard InChI is InChI=1S/C16H10N4O4/c21-15-10-7-8(20(23)24)5-6-12(10)17-14(15)13-9-3-1-2-4-11(9)18-16(13)19-22/h1-7,17-18,21H. The van der Waals surface area contributed by atoms with Crippen molar-refractivity contribution in [1.29, 1.82) is 0 Å². The van der Waals surface area contributed by atoms with Gasteiger partial charge in [-0.3, -0.25) is 10.1 Å². The van der Waals surface area contributed by atoms with Crippen LogP contribution in [0.15, 0.2) is 47.6 Å². The molecule has 0 saturated heterocycles. The second-order valence-electron chi connectivity index (χ2n) is 5.32. The van der Waals surface area contributed by atoms with Gasteiger partial charge < -0.3 is 15.1 Å². The highest BCUT2D eigenvalue weighted by molar-refractivity contribution is 6.06. The topological polar surface area (TPSA) is 124 Å². The Bertz CT molecular complexity index is 1130. The van der Waals surface area contributed by atoms with Crippen LogP contribution < -0.4 is 0 Å². The molecule has 8 nitrogen and oxygen atoms in total. The molecule has 118 valence electrons. The number of nitro benzene ring substituents is 1. The number of aromatic nitrogens is 2. The second-order valence-corrected chi connectivity index (χ2v) is 5.32. The monoisotopic (exact) mass is 322 g/mol. The molecule has 0 spiro atoms. The van der Waals surface area contributed by atoms with Gasteiger partial charge in [0.05, 0.1) is 21.7 Å². The molecule has 24 heavy (non-hydrogen) atoms.